The van der Waals surface area contributed by atoms with E-state index in [1.54, 1.807) is 0 Å². The molecule has 98 valence electrons. The van der Waals surface area contributed by atoms with E-state index in [0.717, 1.165) is 6.42 Å². The molecule has 0 fully saturated rings. The molecule has 0 spiro atoms. The Labute approximate surface area is 109 Å². The summed E-state index contributed by atoms with van der Waals surface area (Å²) in [6.07, 6.45) is 0.837. The monoisotopic (exact) mass is 272 g/mol. The first-order valence-electron chi connectivity index (χ1n) is 5.38. The fourth-order valence-corrected chi connectivity index (χ4v) is 1.41. The number of hydrogen-bond donors (Lipinski definition) is 1. The van der Waals surface area contributed by atoms with Gasteiger partial charge in [0.25, 0.3) is 11.6 Å². The van der Waals surface area contributed by atoms with E-state index < -0.39 is 4.92 Å². The molecule has 1 rings (SSSR count). The third-order valence-corrected chi connectivity index (χ3v) is 2.35. The summed E-state index contributed by atoms with van der Waals surface area (Å²) in [5.74, 6) is -0.0137. The minimum absolute atomic E-state index is 0.104. The molecule has 0 aliphatic carbocycles. The van der Waals surface area contributed by atoms with Crippen molar-refractivity contribution in [3.8, 4) is 5.75 Å². The number of nitrogens with one attached hydrogen (secondary N) is 1. The van der Waals surface area contributed by atoms with Crippen LogP contribution in [0.25, 0.3) is 0 Å². The summed E-state index contributed by atoms with van der Waals surface area (Å²) in [4.78, 5) is 21.2. The van der Waals surface area contributed by atoms with Crippen LogP contribution in [0.1, 0.15) is 13.3 Å². The van der Waals surface area contributed by atoms with E-state index in [4.69, 9.17) is 16.3 Å². The molecule has 0 bridgehead atoms. The van der Waals surface area contributed by atoms with Crippen LogP contribution in [0.4, 0.5) is 5.69 Å². The third kappa shape index (κ3) is 4.21. The van der Waals surface area contributed by atoms with Gasteiger partial charge >= 0.3 is 0 Å². The predicted molar refractivity (Wildman–Crippen MR) is 66.9 cm³/mol. The maximum absolute atomic E-state index is 11.3. The molecule has 1 aromatic carbocycles. The van der Waals surface area contributed by atoms with Gasteiger partial charge in [-0.05, 0) is 12.5 Å². The second-order valence-corrected chi connectivity index (χ2v) is 3.92. The lowest BCUT2D eigenvalue weighted by Crippen LogP contribution is -2.29. The average molecular weight is 273 g/mol. The molecule has 0 saturated carbocycles. The molecule has 0 aliphatic heterocycles. The van der Waals surface area contributed by atoms with Gasteiger partial charge in [0.2, 0.25) is 0 Å². The van der Waals surface area contributed by atoms with Crippen LogP contribution in [0.2, 0.25) is 5.02 Å². The van der Waals surface area contributed by atoms with E-state index in [1.165, 1.54) is 18.2 Å². The molecule has 0 aromatic heterocycles. The van der Waals surface area contributed by atoms with Crippen LogP contribution in [0.3, 0.4) is 0 Å². The highest BCUT2D eigenvalue weighted by atomic mass is 35.5. The Morgan fingerprint density at radius 1 is 1.56 bits per heavy atom. The lowest BCUT2D eigenvalue weighted by atomic mass is 10.3. The molecule has 0 heterocycles. The van der Waals surface area contributed by atoms with Gasteiger partial charge in [-0.25, -0.2) is 0 Å². The number of nitro groups is 1. The Kier molecular flexibility index (Phi) is 5.38. The van der Waals surface area contributed by atoms with E-state index in [2.05, 4.69) is 5.32 Å². The van der Waals surface area contributed by atoms with Crippen molar-refractivity contribution in [3.63, 3.8) is 0 Å². The van der Waals surface area contributed by atoms with Crippen LogP contribution in [0.15, 0.2) is 18.2 Å². The van der Waals surface area contributed by atoms with Gasteiger partial charge < -0.3 is 10.1 Å². The van der Waals surface area contributed by atoms with Crippen LogP contribution < -0.4 is 10.1 Å². The molecule has 7 heteroatoms. The smallest absolute Gasteiger partial charge is 0.271 e. The minimum atomic E-state index is -0.552. The molecule has 18 heavy (non-hydrogen) atoms. The van der Waals surface area contributed by atoms with Gasteiger partial charge in [-0.1, -0.05) is 18.5 Å². The zero-order valence-corrected chi connectivity index (χ0v) is 10.6. The van der Waals surface area contributed by atoms with Gasteiger partial charge in [0.1, 0.15) is 5.75 Å². The van der Waals surface area contributed by atoms with E-state index in [-0.39, 0.29) is 29.0 Å². The molecule has 1 amide bonds. The molecule has 1 aromatic rings. The van der Waals surface area contributed by atoms with E-state index in [1.807, 2.05) is 6.92 Å². The molecule has 0 atom stereocenters. The fraction of sp³-hybridized carbons (Fsp3) is 0.364. The van der Waals surface area contributed by atoms with Crippen molar-refractivity contribution in [2.24, 2.45) is 0 Å². The van der Waals surface area contributed by atoms with Gasteiger partial charge in [-0.3, -0.25) is 14.9 Å². The molecule has 0 radical (unpaired) electrons. The highest BCUT2D eigenvalue weighted by Gasteiger charge is 2.11. The summed E-state index contributed by atoms with van der Waals surface area (Å²) < 4.78 is 5.16. The highest BCUT2D eigenvalue weighted by molar-refractivity contribution is 6.32. The summed E-state index contributed by atoms with van der Waals surface area (Å²) in [5.41, 5.74) is -0.122. The van der Waals surface area contributed by atoms with Crippen LogP contribution in [0.5, 0.6) is 5.75 Å². The maximum Gasteiger partial charge on any atom is 0.271 e. The first kappa shape index (κ1) is 14.2. The van der Waals surface area contributed by atoms with Gasteiger partial charge in [0, 0.05) is 18.7 Å². The van der Waals surface area contributed by atoms with Crippen molar-refractivity contribution in [2.45, 2.75) is 13.3 Å². The van der Waals surface area contributed by atoms with Crippen LogP contribution in [0, 0.1) is 10.1 Å². The number of benzene rings is 1. The fourth-order valence-electron chi connectivity index (χ4n) is 1.18. The number of amides is 1. The lowest BCUT2D eigenvalue weighted by Gasteiger charge is -2.07. The van der Waals surface area contributed by atoms with Crippen molar-refractivity contribution in [1.29, 1.82) is 0 Å². The summed E-state index contributed by atoms with van der Waals surface area (Å²) in [7, 11) is 0. The summed E-state index contributed by atoms with van der Waals surface area (Å²) in [6.45, 7) is 2.35. The standard InChI is InChI=1S/C11H13ClN2O4/c1-2-5-13-11(15)7-18-10-4-3-8(14(16)17)6-9(10)12/h3-4,6H,2,5,7H2,1H3,(H,13,15). The average Bonchev–Trinajstić information content (AvgIpc) is 2.34. The normalized spacial score (nSPS) is 9.89. The number of ether oxygens (including phenoxy) is 1. The Morgan fingerprint density at radius 2 is 2.28 bits per heavy atom. The lowest BCUT2D eigenvalue weighted by molar-refractivity contribution is -0.384. The van der Waals surface area contributed by atoms with Crippen molar-refractivity contribution in [1.82, 2.24) is 5.32 Å². The Bertz CT molecular complexity index is 451. The zero-order chi connectivity index (χ0) is 13.5. The number of rotatable bonds is 6. The molecular weight excluding hydrogens is 260 g/mol. The SMILES string of the molecule is CCCNC(=O)COc1ccc([N+](=O)[O-])cc1Cl. The summed E-state index contributed by atoms with van der Waals surface area (Å²) in [6, 6.07) is 3.82. The van der Waals surface area contributed by atoms with Gasteiger partial charge in [0.05, 0.1) is 9.95 Å². The Morgan fingerprint density at radius 3 is 2.83 bits per heavy atom. The van der Waals surface area contributed by atoms with Crippen LogP contribution in [-0.2, 0) is 4.79 Å². The predicted octanol–water partition coefficient (Wildman–Crippen LogP) is 2.15. The number of non-ortho nitro benzene ring substituents is 1. The second kappa shape index (κ2) is 6.80. The minimum Gasteiger partial charge on any atom is -0.482 e. The van der Waals surface area contributed by atoms with Crippen molar-refractivity contribution in [3.05, 3.63) is 33.3 Å². The largest absolute Gasteiger partial charge is 0.482 e. The zero-order valence-electron chi connectivity index (χ0n) is 9.81. The Hall–Kier alpha value is -1.82. The molecule has 0 saturated heterocycles. The summed E-state index contributed by atoms with van der Waals surface area (Å²) >= 11 is 5.80. The van der Waals surface area contributed by atoms with Gasteiger partial charge in [0.15, 0.2) is 6.61 Å². The molecular formula is C11H13ClN2O4. The van der Waals surface area contributed by atoms with Crippen LogP contribution >= 0.6 is 11.6 Å². The van der Waals surface area contributed by atoms with Crippen molar-refractivity contribution in [2.75, 3.05) is 13.2 Å². The number of hydrogen-bond acceptors (Lipinski definition) is 4. The highest BCUT2D eigenvalue weighted by Crippen LogP contribution is 2.28. The number of nitro benzene ring substituents is 1. The van der Waals surface area contributed by atoms with E-state index in [0.29, 0.717) is 6.54 Å². The first-order valence-corrected chi connectivity index (χ1v) is 5.75. The molecule has 0 unspecified atom stereocenters. The van der Waals surface area contributed by atoms with E-state index in [9.17, 15) is 14.9 Å². The Balaban J connectivity index is 2.58. The topological polar surface area (TPSA) is 81.5 Å². The number of carbonyl (C=O) groups is 1. The van der Waals surface area contributed by atoms with Crippen molar-refractivity contribution < 1.29 is 14.5 Å². The number of halogens is 1. The second-order valence-electron chi connectivity index (χ2n) is 3.51. The first-order chi connectivity index (χ1) is 8.54. The van der Waals surface area contributed by atoms with E-state index >= 15 is 0 Å². The quantitative estimate of drug-likeness (QED) is 0.635. The van der Waals surface area contributed by atoms with Crippen molar-refractivity contribution >= 4 is 23.2 Å². The summed E-state index contributed by atoms with van der Waals surface area (Å²) in [5, 5.41) is 13.2. The number of nitrogens with zero attached hydrogens (tertiary/aromatic N) is 1. The molecule has 0 aliphatic rings. The van der Waals surface area contributed by atoms with Gasteiger partial charge in [-0.15, -0.1) is 0 Å². The molecule has 6 nitrogen and oxygen atoms in total. The molecule has 1 N–H and O–H groups in total. The maximum atomic E-state index is 11.3. The van der Waals surface area contributed by atoms with Crippen LogP contribution in [-0.4, -0.2) is 24.0 Å². The third-order valence-electron chi connectivity index (χ3n) is 2.06. The van der Waals surface area contributed by atoms with Gasteiger partial charge in [-0.2, -0.15) is 0 Å². The number of carbonyl (C=O) groups excluding carboxylic acids is 1.